The lowest BCUT2D eigenvalue weighted by Crippen LogP contribution is -2.39. The number of hydrogen-bond acceptors (Lipinski definition) is 3. The van der Waals surface area contributed by atoms with Crippen LogP contribution < -0.4 is 10.6 Å². The van der Waals surface area contributed by atoms with Gasteiger partial charge in [-0.05, 0) is 37.5 Å². The molecule has 0 aliphatic rings. The highest BCUT2D eigenvalue weighted by Gasteiger charge is 2.05. The highest BCUT2D eigenvalue weighted by molar-refractivity contribution is 14.0. The zero-order chi connectivity index (χ0) is 18.1. The van der Waals surface area contributed by atoms with E-state index in [-0.39, 0.29) is 29.8 Å². The Bertz CT molecular complexity index is 701. The van der Waals surface area contributed by atoms with Crippen molar-refractivity contribution in [3.63, 3.8) is 0 Å². The standard InChI is InChI=1S/C18H27FN6.HI/c1-4-5-10-20-18(22-13-17-24-23-14(2)25(17)3)21-11-9-15-7-6-8-16(19)12-15;/h6-8,12H,4-5,9-11,13H2,1-3H3,(H2,20,21,22);1H. The van der Waals surface area contributed by atoms with Crippen LogP contribution in [0.15, 0.2) is 29.3 Å². The summed E-state index contributed by atoms with van der Waals surface area (Å²) in [5.41, 5.74) is 0.962. The van der Waals surface area contributed by atoms with Crippen LogP contribution in [0.3, 0.4) is 0 Å². The van der Waals surface area contributed by atoms with Crippen LogP contribution in [0.4, 0.5) is 4.39 Å². The van der Waals surface area contributed by atoms with E-state index in [0.29, 0.717) is 13.1 Å². The SMILES string of the molecule is CCCCNC(=NCc1nnc(C)n1C)NCCc1cccc(F)c1.I. The third-order valence-electron chi connectivity index (χ3n) is 3.98. The summed E-state index contributed by atoms with van der Waals surface area (Å²) >= 11 is 0. The Morgan fingerprint density at radius 2 is 2.00 bits per heavy atom. The molecule has 0 spiro atoms. The predicted molar refractivity (Wildman–Crippen MR) is 113 cm³/mol. The summed E-state index contributed by atoms with van der Waals surface area (Å²) in [7, 11) is 1.93. The summed E-state index contributed by atoms with van der Waals surface area (Å²) in [4.78, 5) is 4.59. The number of nitrogens with one attached hydrogen (secondary N) is 2. The van der Waals surface area contributed by atoms with Gasteiger partial charge in [-0.1, -0.05) is 25.5 Å². The second kappa shape index (κ2) is 11.8. The lowest BCUT2D eigenvalue weighted by Gasteiger charge is -2.12. The molecule has 0 amide bonds. The van der Waals surface area contributed by atoms with Gasteiger partial charge in [0.05, 0.1) is 0 Å². The molecule has 0 aliphatic carbocycles. The maximum absolute atomic E-state index is 13.2. The second-order valence-electron chi connectivity index (χ2n) is 5.97. The van der Waals surface area contributed by atoms with Gasteiger partial charge in [-0.15, -0.1) is 34.2 Å². The maximum Gasteiger partial charge on any atom is 0.191 e. The summed E-state index contributed by atoms with van der Waals surface area (Å²) in [6, 6.07) is 6.67. The van der Waals surface area contributed by atoms with Crippen LogP contribution in [0.2, 0.25) is 0 Å². The summed E-state index contributed by atoms with van der Waals surface area (Å²) in [6.45, 7) is 6.06. The third-order valence-corrected chi connectivity index (χ3v) is 3.98. The second-order valence-corrected chi connectivity index (χ2v) is 5.97. The molecule has 1 aromatic carbocycles. The zero-order valence-electron chi connectivity index (χ0n) is 15.6. The van der Waals surface area contributed by atoms with Gasteiger partial charge in [-0.3, -0.25) is 0 Å². The molecule has 8 heteroatoms. The molecular weight excluding hydrogens is 446 g/mol. The molecular formula is C18H28FIN6. The van der Waals surface area contributed by atoms with Crippen LogP contribution >= 0.6 is 24.0 Å². The Morgan fingerprint density at radius 1 is 1.23 bits per heavy atom. The number of unbranched alkanes of at least 4 members (excludes halogenated alkanes) is 1. The van der Waals surface area contributed by atoms with Gasteiger partial charge in [-0.2, -0.15) is 0 Å². The number of aromatic nitrogens is 3. The third kappa shape index (κ3) is 7.27. The first-order chi connectivity index (χ1) is 12.1. The molecule has 0 radical (unpaired) electrons. The lowest BCUT2D eigenvalue weighted by molar-refractivity contribution is 0.625. The van der Waals surface area contributed by atoms with Crippen LogP contribution in [0.1, 0.15) is 37.0 Å². The first-order valence-corrected chi connectivity index (χ1v) is 8.71. The van der Waals surface area contributed by atoms with E-state index >= 15 is 0 Å². The fourth-order valence-electron chi connectivity index (χ4n) is 2.31. The van der Waals surface area contributed by atoms with E-state index in [2.05, 4.69) is 32.7 Å². The molecule has 0 saturated heterocycles. The largest absolute Gasteiger partial charge is 0.356 e. The first-order valence-electron chi connectivity index (χ1n) is 8.71. The van der Waals surface area contributed by atoms with Gasteiger partial charge in [0.1, 0.15) is 18.2 Å². The topological polar surface area (TPSA) is 67.1 Å². The van der Waals surface area contributed by atoms with E-state index in [1.807, 2.05) is 24.6 Å². The number of aryl methyl sites for hydroxylation is 1. The molecule has 26 heavy (non-hydrogen) atoms. The smallest absolute Gasteiger partial charge is 0.191 e. The molecule has 6 nitrogen and oxygen atoms in total. The molecule has 0 aliphatic heterocycles. The van der Waals surface area contributed by atoms with E-state index in [9.17, 15) is 4.39 Å². The zero-order valence-corrected chi connectivity index (χ0v) is 18.0. The number of aliphatic imine (C=N–C) groups is 1. The Balaban J connectivity index is 0.00000338. The fraction of sp³-hybridized carbons (Fsp3) is 0.500. The summed E-state index contributed by atoms with van der Waals surface area (Å²) in [6.07, 6.45) is 2.93. The van der Waals surface area contributed by atoms with Crippen molar-refractivity contribution >= 4 is 29.9 Å². The molecule has 0 unspecified atom stereocenters. The molecule has 2 N–H and O–H groups in total. The highest BCUT2D eigenvalue weighted by atomic mass is 127. The number of halogens is 2. The van der Waals surface area contributed by atoms with Crippen LogP contribution in [0.25, 0.3) is 0 Å². The van der Waals surface area contributed by atoms with Crippen molar-refractivity contribution in [3.8, 4) is 0 Å². The number of rotatable bonds is 8. The van der Waals surface area contributed by atoms with Gasteiger partial charge in [-0.25, -0.2) is 9.38 Å². The van der Waals surface area contributed by atoms with Gasteiger partial charge in [0, 0.05) is 20.1 Å². The Labute approximate surface area is 171 Å². The quantitative estimate of drug-likeness (QED) is 0.267. The van der Waals surface area contributed by atoms with E-state index in [1.165, 1.54) is 6.07 Å². The van der Waals surface area contributed by atoms with Crippen LogP contribution in [0.5, 0.6) is 0 Å². The van der Waals surface area contributed by atoms with Gasteiger partial charge in [0.25, 0.3) is 0 Å². The van der Waals surface area contributed by atoms with E-state index in [1.54, 1.807) is 12.1 Å². The summed E-state index contributed by atoms with van der Waals surface area (Å²) in [5, 5.41) is 14.8. The van der Waals surface area contributed by atoms with E-state index in [0.717, 1.165) is 49.0 Å². The minimum Gasteiger partial charge on any atom is -0.356 e. The van der Waals surface area contributed by atoms with Crippen molar-refractivity contribution in [2.45, 2.75) is 39.7 Å². The molecule has 1 heterocycles. The van der Waals surface area contributed by atoms with Crippen LogP contribution in [0, 0.1) is 12.7 Å². The average molecular weight is 474 g/mol. The van der Waals surface area contributed by atoms with Gasteiger partial charge in [0.2, 0.25) is 0 Å². The number of hydrogen-bond donors (Lipinski definition) is 2. The minimum atomic E-state index is -0.204. The normalized spacial score (nSPS) is 11.2. The number of benzene rings is 1. The lowest BCUT2D eigenvalue weighted by atomic mass is 10.1. The van der Waals surface area contributed by atoms with Crippen molar-refractivity contribution in [1.29, 1.82) is 0 Å². The number of nitrogens with zero attached hydrogens (tertiary/aromatic N) is 4. The molecule has 2 aromatic rings. The van der Waals surface area contributed by atoms with Crippen molar-refractivity contribution in [2.75, 3.05) is 13.1 Å². The van der Waals surface area contributed by atoms with Gasteiger partial charge >= 0.3 is 0 Å². The summed E-state index contributed by atoms with van der Waals surface area (Å²) < 4.78 is 15.2. The Hall–Kier alpha value is -1.71. The maximum atomic E-state index is 13.2. The first kappa shape index (κ1) is 22.3. The van der Waals surface area contributed by atoms with Crippen molar-refractivity contribution in [2.24, 2.45) is 12.0 Å². The highest BCUT2D eigenvalue weighted by Crippen LogP contribution is 2.03. The molecule has 0 fully saturated rings. The van der Waals surface area contributed by atoms with Crippen LogP contribution in [-0.2, 0) is 20.0 Å². The van der Waals surface area contributed by atoms with Crippen LogP contribution in [-0.4, -0.2) is 33.8 Å². The van der Waals surface area contributed by atoms with Crippen molar-refractivity contribution < 1.29 is 4.39 Å². The minimum absolute atomic E-state index is 0. The monoisotopic (exact) mass is 474 g/mol. The van der Waals surface area contributed by atoms with E-state index < -0.39 is 0 Å². The molecule has 0 atom stereocenters. The number of guanidine groups is 1. The fourth-order valence-corrected chi connectivity index (χ4v) is 2.31. The molecule has 2 rings (SSSR count). The predicted octanol–water partition coefficient (Wildman–Crippen LogP) is 2.96. The van der Waals surface area contributed by atoms with Gasteiger partial charge < -0.3 is 15.2 Å². The van der Waals surface area contributed by atoms with Gasteiger partial charge in [0.15, 0.2) is 11.8 Å². The Morgan fingerprint density at radius 3 is 2.65 bits per heavy atom. The van der Waals surface area contributed by atoms with E-state index in [4.69, 9.17) is 0 Å². The summed E-state index contributed by atoms with van der Waals surface area (Å²) in [5.74, 6) is 2.22. The van der Waals surface area contributed by atoms with Crippen molar-refractivity contribution in [1.82, 2.24) is 25.4 Å². The molecule has 144 valence electrons. The average Bonchev–Trinajstić information content (AvgIpc) is 2.91. The Kier molecular flexibility index (Phi) is 10.2. The molecule has 1 aromatic heterocycles. The molecule has 0 saturated carbocycles. The van der Waals surface area contributed by atoms with Crippen molar-refractivity contribution in [3.05, 3.63) is 47.3 Å². The molecule has 0 bridgehead atoms.